The molecule has 0 unspecified atom stereocenters. The van der Waals surface area contributed by atoms with E-state index in [0.717, 1.165) is 5.56 Å². The second-order valence-electron chi connectivity index (χ2n) is 6.49. The number of sulfonamides is 1. The van der Waals surface area contributed by atoms with E-state index in [9.17, 15) is 8.42 Å². The van der Waals surface area contributed by atoms with Crippen LogP contribution in [0, 0.1) is 0 Å². The zero-order valence-electron chi connectivity index (χ0n) is 14.3. The number of hydrogen-bond acceptors (Lipinski definition) is 2. The molecule has 0 aliphatic rings. The first kappa shape index (κ1) is 17.2. The molecular formula is C21H21NO2S. The lowest BCUT2D eigenvalue weighted by Gasteiger charge is -2.26. The molecule has 25 heavy (non-hydrogen) atoms. The van der Waals surface area contributed by atoms with Gasteiger partial charge in [0, 0.05) is 11.1 Å². The van der Waals surface area contributed by atoms with Gasteiger partial charge in [-0.05, 0) is 35.4 Å². The minimum Gasteiger partial charge on any atom is -0.280 e. The van der Waals surface area contributed by atoms with E-state index in [1.54, 1.807) is 42.5 Å². The van der Waals surface area contributed by atoms with E-state index >= 15 is 0 Å². The fraction of sp³-hybridized carbons (Fsp3) is 0.143. The Balaban J connectivity index is 1.84. The molecule has 0 amide bonds. The topological polar surface area (TPSA) is 46.2 Å². The van der Waals surface area contributed by atoms with Crippen LogP contribution in [0.15, 0.2) is 89.8 Å². The first-order valence-electron chi connectivity index (χ1n) is 8.13. The molecule has 3 aromatic rings. The molecule has 0 fully saturated rings. The first-order chi connectivity index (χ1) is 11.9. The van der Waals surface area contributed by atoms with Gasteiger partial charge in [-0.1, -0.05) is 74.5 Å². The van der Waals surface area contributed by atoms with Crippen molar-refractivity contribution in [3.63, 3.8) is 0 Å². The smallest absolute Gasteiger partial charge is 0.261 e. The summed E-state index contributed by atoms with van der Waals surface area (Å²) in [6.07, 6.45) is 0. The second kappa shape index (κ2) is 6.73. The largest absolute Gasteiger partial charge is 0.280 e. The highest BCUT2D eigenvalue weighted by Gasteiger charge is 2.23. The maximum atomic E-state index is 12.4. The summed E-state index contributed by atoms with van der Waals surface area (Å²) in [6.45, 7) is 4.32. The van der Waals surface area contributed by atoms with E-state index in [1.165, 1.54) is 5.56 Å². The van der Waals surface area contributed by atoms with E-state index in [4.69, 9.17) is 0 Å². The Kier molecular flexibility index (Phi) is 4.64. The third-order valence-corrected chi connectivity index (χ3v) is 5.80. The van der Waals surface area contributed by atoms with Gasteiger partial charge in [0.05, 0.1) is 4.90 Å². The Morgan fingerprint density at radius 1 is 0.680 bits per heavy atom. The lowest BCUT2D eigenvalue weighted by molar-refractivity contribution is 0.601. The number of nitrogens with one attached hydrogen (secondary N) is 1. The Morgan fingerprint density at radius 2 is 1.16 bits per heavy atom. The highest BCUT2D eigenvalue weighted by atomic mass is 32.2. The third kappa shape index (κ3) is 3.74. The van der Waals surface area contributed by atoms with Crippen molar-refractivity contribution in [3.05, 3.63) is 96.1 Å². The van der Waals surface area contributed by atoms with Gasteiger partial charge in [0.25, 0.3) is 10.0 Å². The fourth-order valence-electron chi connectivity index (χ4n) is 2.79. The van der Waals surface area contributed by atoms with E-state index in [-0.39, 0.29) is 10.3 Å². The lowest BCUT2D eigenvalue weighted by Crippen LogP contribution is -2.19. The van der Waals surface area contributed by atoms with Crippen molar-refractivity contribution in [2.45, 2.75) is 24.2 Å². The summed E-state index contributed by atoms with van der Waals surface area (Å²) in [6, 6.07) is 26.2. The van der Waals surface area contributed by atoms with Gasteiger partial charge in [-0.3, -0.25) is 4.72 Å². The predicted octanol–water partition coefficient (Wildman–Crippen LogP) is 4.81. The molecule has 0 aliphatic heterocycles. The van der Waals surface area contributed by atoms with Gasteiger partial charge in [-0.25, -0.2) is 8.42 Å². The SMILES string of the molecule is CC(C)(c1ccccc1)c1ccc(NS(=O)(=O)c2ccccc2)cc1. The number of benzene rings is 3. The van der Waals surface area contributed by atoms with Gasteiger partial charge >= 0.3 is 0 Å². The quantitative estimate of drug-likeness (QED) is 0.717. The molecule has 0 aromatic heterocycles. The third-order valence-electron chi connectivity index (χ3n) is 4.41. The van der Waals surface area contributed by atoms with Crippen molar-refractivity contribution in [2.24, 2.45) is 0 Å². The standard InChI is InChI=1S/C21H21NO2S/c1-21(2,17-9-5-3-6-10-17)18-13-15-19(16-14-18)22-25(23,24)20-11-7-4-8-12-20/h3-16,22H,1-2H3. The molecule has 0 atom stereocenters. The number of hydrogen-bond donors (Lipinski definition) is 1. The van der Waals surface area contributed by atoms with Crippen LogP contribution in [0.4, 0.5) is 5.69 Å². The van der Waals surface area contributed by atoms with Crippen LogP contribution in [0.5, 0.6) is 0 Å². The minimum absolute atomic E-state index is 0.155. The number of anilines is 1. The lowest BCUT2D eigenvalue weighted by atomic mass is 9.78. The van der Waals surface area contributed by atoms with Crippen LogP contribution < -0.4 is 4.72 Å². The van der Waals surface area contributed by atoms with Gasteiger partial charge in [-0.15, -0.1) is 0 Å². The molecule has 0 heterocycles. The van der Waals surface area contributed by atoms with Crippen LogP contribution in [0.1, 0.15) is 25.0 Å². The maximum absolute atomic E-state index is 12.4. The van der Waals surface area contributed by atoms with Gasteiger partial charge in [0.15, 0.2) is 0 Å². The molecule has 0 spiro atoms. The summed E-state index contributed by atoms with van der Waals surface area (Å²) in [5, 5.41) is 0. The summed E-state index contributed by atoms with van der Waals surface area (Å²) in [7, 11) is -3.56. The average Bonchev–Trinajstić information content (AvgIpc) is 2.63. The first-order valence-corrected chi connectivity index (χ1v) is 9.62. The van der Waals surface area contributed by atoms with Crippen LogP contribution in [0.25, 0.3) is 0 Å². The number of rotatable bonds is 5. The van der Waals surface area contributed by atoms with Crippen molar-refractivity contribution < 1.29 is 8.42 Å². The minimum atomic E-state index is -3.56. The Bertz CT molecular complexity index is 932. The Hall–Kier alpha value is -2.59. The fourth-order valence-corrected chi connectivity index (χ4v) is 3.87. The summed E-state index contributed by atoms with van der Waals surface area (Å²) in [5.74, 6) is 0. The second-order valence-corrected chi connectivity index (χ2v) is 8.17. The molecule has 128 valence electrons. The molecule has 3 rings (SSSR count). The van der Waals surface area contributed by atoms with Gasteiger partial charge in [0.1, 0.15) is 0 Å². The molecule has 4 heteroatoms. The highest BCUT2D eigenvalue weighted by Crippen LogP contribution is 2.32. The predicted molar refractivity (Wildman–Crippen MR) is 102 cm³/mol. The zero-order valence-corrected chi connectivity index (χ0v) is 15.1. The van der Waals surface area contributed by atoms with Crippen molar-refractivity contribution >= 4 is 15.7 Å². The van der Waals surface area contributed by atoms with Crippen molar-refractivity contribution in [1.29, 1.82) is 0 Å². The Labute approximate surface area is 149 Å². The maximum Gasteiger partial charge on any atom is 0.261 e. The van der Waals surface area contributed by atoms with Gasteiger partial charge in [0.2, 0.25) is 0 Å². The highest BCUT2D eigenvalue weighted by molar-refractivity contribution is 7.92. The monoisotopic (exact) mass is 351 g/mol. The van der Waals surface area contributed by atoms with Gasteiger partial charge in [-0.2, -0.15) is 0 Å². The Morgan fingerprint density at radius 3 is 1.72 bits per heavy atom. The molecule has 1 N–H and O–H groups in total. The van der Waals surface area contributed by atoms with Gasteiger partial charge < -0.3 is 0 Å². The molecule has 0 bridgehead atoms. The van der Waals surface area contributed by atoms with Crippen molar-refractivity contribution in [3.8, 4) is 0 Å². The molecule has 3 nitrogen and oxygen atoms in total. The zero-order chi connectivity index (χ0) is 17.9. The summed E-state index contributed by atoms with van der Waals surface area (Å²) in [5.41, 5.74) is 2.74. The van der Waals surface area contributed by atoms with Crippen LogP contribution in [0.2, 0.25) is 0 Å². The van der Waals surface area contributed by atoms with E-state index in [2.05, 4.69) is 30.7 Å². The molecule has 0 radical (unpaired) electrons. The summed E-state index contributed by atoms with van der Waals surface area (Å²) in [4.78, 5) is 0.253. The van der Waals surface area contributed by atoms with E-state index in [1.807, 2.05) is 30.3 Å². The van der Waals surface area contributed by atoms with Crippen molar-refractivity contribution in [1.82, 2.24) is 0 Å². The van der Waals surface area contributed by atoms with Crippen LogP contribution in [0.3, 0.4) is 0 Å². The molecular weight excluding hydrogens is 330 g/mol. The van der Waals surface area contributed by atoms with E-state index < -0.39 is 10.0 Å². The van der Waals surface area contributed by atoms with Crippen LogP contribution >= 0.6 is 0 Å². The van der Waals surface area contributed by atoms with Crippen molar-refractivity contribution in [2.75, 3.05) is 4.72 Å². The molecule has 0 saturated heterocycles. The summed E-state index contributed by atoms with van der Waals surface area (Å²) >= 11 is 0. The normalized spacial score (nSPS) is 11.9. The average molecular weight is 351 g/mol. The van der Waals surface area contributed by atoms with E-state index in [0.29, 0.717) is 5.69 Å². The van der Waals surface area contributed by atoms with Crippen LogP contribution in [-0.4, -0.2) is 8.42 Å². The molecule has 0 saturated carbocycles. The molecule has 3 aromatic carbocycles. The molecule has 0 aliphatic carbocycles. The van der Waals surface area contributed by atoms with Crippen LogP contribution in [-0.2, 0) is 15.4 Å². The summed E-state index contributed by atoms with van der Waals surface area (Å²) < 4.78 is 27.4.